The Balaban J connectivity index is 1.60. The van der Waals surface area contributed by atoms with Crippen molar-refractivity contribution in [3.8, 4) is 0 Å². The van der Waals surface area contributed by atoms with Crippen LogP contribution in [0.15, 0.2) is 49.1 Å². The molecule has 1 saturated heterocycles. The molecule has 0 radical (unpaired) electrons. The number of aryl methyl sites for hydroxylation is 1. The molecule has 3 heterocycles. The van der Waals surface area contributed by atoms with Crippen molar-refractivity contribution in [3.63, 3.8) is 0 Å². The molecule has 0 unspecified atom stereocenters. The molecule has 45 heavy (non-hydrogen) atoms. The van der Waals surface area contributed by atoms with Gasteiger partial charge in [-0.2, -0.15) is 0 Å². The molecule has 5 rings (SSSR count). The van der Waals surface area contributed by atoms with Gasteiger partial charge in [-0.1, -0.05) is 23.7 Å². The first-order chi connectivity index (χ1) is 21.4. The first-order valence-corrected chi connectivity index (χ1v) is 15.4. The zero-order chi connectivity index (χ0) is 32.5. The molecule has 1 aliphatic carbocycles. The van der Waals surface area contributed by atoms with Gasteiger partial charge < -0.3 is 24.3 Å². The number of halogens is 1. The number of carbonyl (C=O) groups excluding carboxylic acids is 3. The van der Waals surface area contributed by atoms with Gasteiger partial charge in [0.2, 0.25) is 0 Å². The molecule has 2 aromatic heterocycles. The number of nitrogens with one attached hydrogen (secondary N) is 1. The minimum absolute atomic E-state index is 0.193. The van der Waals surface area contributed by atoms with Gasteiger partial charge in [-0.05, 0) is 74.2 Å². The highest BCUT2D eigenvalue weighted by Gasteiger charge is 2.38. The molecule has 0 saturated carbocycles. The normalized spacial score (nSPS) is 17.5. The van der Waals surface area contributed by atoms with Gasteiger partial charge >= 0.3 is 12.1 Å². The van der Waals surface area contributed by atoms with Crippen molar-refractivity contribution < 1.29 is 23.9 Å². The number of amides is 2. The number of benzene rings is 1. The maximum atomic E-state index is 13.7. The number of piperazine rings is 1. The Labute approximate surface area is 268 Å². The summed E-state index contributed by atoms with van der Waals surface area (Å²) in [5.74, 6) is -1.02. The Morgan fingerprint density at radius 2 is 1.84 bits per heavy atom. The topological polar surface area (TPSA) is 119 Å². The zero-order valence-electron chi connectivity index (χ0n) is 26.4. The second kappa shape index (κ2) is 13.0. The number of nitrogens with zero attached hydrogens (tertiary/aromatic N) is 5. The third kappa shape index (κ3) is 6.89. The lowest BCUT2D eigenvalue weighted by Gasteiger charge is -2.39. The number of pyridine rings is 1. The molecule has 238 valence electrons. The van der Waals surface area contributed by atoms with Crippen LogP contribution in [0.4, 0.5) is 4.79 Å². The van der Waals surface area contributed by atoms with Gasteiger partial charge in [-0.15, -0.1) is 0 Å². The van der Waals surface area contributed by atoms with Crippen molar-refractivity contribution in [1.29, 1.82) is 0 Å². The molecule has 12 heteroatoms. The average molecular weight is 635 g/mol. The van der Waals surface area contributed by atoms with Crippen LogP contribution < -0.4 is 5.32 Å². The Kier molecular flexibility index (Phi) is 9.31. The summed E-state index contributed by atoms with van der Waals surface area (Å²) in [7, 11) is 1.86. The van der Waals surface area contributed by atoms with Crippen molar-refractivity contribution in [2.45, 2.75) is 58.4 Å². The number of fused-ring (bicyclic) bond motifs is 2. The van der Waals surface area contributed by atoms with Crippen molar-refractivity contribution >= 4 is 41.2 Å². The van der Waals surface area contributed by atoms with Gasteiger partial charge in [0.05, 0.1) is 42.1 Å². The molecule has 1 aliphatic heterocycles. The van der Waals surface area contributed by atoms with E-state index in [9.17, 15) is 14.4 Å². The number of imidazole rings is 1. The number of esters is 1. The Bertz CT molecular complexity index is 1620. The minimum Gasteiger partial charge on any atom is -0.450 e. The van der Waals surface area contributed by atoms with Gasteiger partial charge in [-0.3, -0.25) is 19.5 Å². The third-order valence-electron chi connectivity index (χ3n) is 8.02. The lowest BCUT2D eigenvalue weighted by Crippen LogP contribution is -2.50. The van der Waals surface area contributed by atoms with Gasteiger partial charge in [0.25, 0.3) is 5.91 Å². The Morgan fingerprint density at radius 1 is 1.11 bits per heavy atom. The molecule has 0 spiro atoms. The van der Waals surface area contributed by atoms with Crippen LogP contribution in [0.1, 0.15) is 74.8 Å². The quantitative estimate of drug-likeness (QED) is 0.369. The van der Waals surface area contributed by atoms with E-state index in [0.29, 0.717) is 31.2 Å². The lowest BCUT2D eigenvalue weighted by molar-refractivity contribution is -0.163. The predicted molar refractivity (Wildman–Crippen MR) is 170 cm³/mol. The van der Waals surface area contributed by atoms with E-state index in [1.807, 2.05) is 61.9 Å². The standard InChI is InChI=1S/C33H39ClN6O5/c1-20(2)44-32(43)40-14-12-39(13-15-40)30-24-10-9-23(34)17-25(24)26(16-22-8-7-11-36-28(22)30)29(27-18-35-19-38(27)6)37-31(42)33(4,5)45-21(3)41/h7-11,16-20,29-30H,12-15H2,1-6H3,(H,37,42)/t29-,30+/m1/s1. The summed E-state index contributed by atoms with van der Waals surface area (Å²) in [4.78, 5) is 51.4. The summed E-state index contributed by atoms with van der Waals surface area (Å²) in [6.07, 6.45) is 6.68. The van der Waals surface area contributed by atoms with Crippen molar-refractivity contribution in [1.82, 2.24) is 29.7 Å². The van der Waals surface area contributed by atoms with E-state index in [-0.39, 0.29) is 18.2 Å². The fourth-order valence-corrected chi connectivity index (χ4v) is 6.08. The smallest absolute Gasteiger partial charge is 0.410 e. The van der Waals surface area contributed by atoms with E-state index in [2.05, 4.69) is 15.2 Å². The van der Waals surface area contributed by atoms with Crippen molar-refractivity contribution in [2.75, 3.05) is 26.2 Å². The van der Waals surface area contributed by atoms with E-state index < -0.39 is 23.5 Å². The first-order valence-electron chi connectivity index (χ1n) is 15.0. The van der Waals surface area contributed by atoms with Crippen LogP contribution in [-0.2, 0) is 26.1 Å². The minimum atomic E-state index is -1.43. The van der Waals surface area contributed by atoms with E-state index >= 15 is 0 Å². The second-order valence-corrected chi connectivity index (χ2v) is 12.5. The van der Waals surface area contributed by atoms with Crippen LogP contribution in [0.2, 0.25) is 5.02 Å². The molecule has 1 aromatic carbocycles. The van der Waals surface area contributed by atoms with Gasteiger partial charge in [-0.25, -0.2) is 9.78 Å². The molecule has 11 nitrogen and oxygen atoms in total. The van der Waals surface area contributed by atoms with Crippen LogP contribution in [0.5, 0.6) is 0 Å². The number of ether oxygens (including phenoxy) is 2. The summed E-state index contributed by atoms with van der Waals surface area (Å²) in [5, 5.41) is 3.68. The van der Waals surface area contributed by atoms with Gasteiger partial charge in [0, 0.05) is 51.4 Å². The van der Waals surface area contributed by atoms with E-state index in [4.69, 9.17) is 26.1 Å². The fraction of sp³-hybridized carbons (Fsp3) is 0.424. The second-order valence-electron chi connectivity index (χ2n) is 12.1. The van der Waals surface area contributed by atoms with Gasteiger partial charge in [0.1, 0.15) is 0 Å². The molecule has 1 fully saturated rings. The maximum absolute atomic E-state index is 13.7. The molecule has 2 amide bonds. The Hall–Kier alpha value is -4.22. The summed E-state index contributed by atoms with van der Waals surface area (Å²) in [6.45, 7) is 10.3. The number of hydrogen-bond donors (Lipinski definition) is 1. The van der Waals surface area contributed by atoms with Crippen LogP contribution in [-0.4, -0.2) is 80.2 Å². The highest BCUT2D eigenvalue weighted by atomic mass is 35.5. The fourth-order valence-electron chi connectivity index (χ4n) is 5.90. The van der Waals surface area contributed by atoms with Crippen LogP contribution in [0.3, 0.4) is 0 Å². The third-order valence-corrected chi connectivity index (χ3v) is 8.25. The molecule has 1 N–H and O–H groups in total. The molecule has 0 bridgehead atoms. The number of rotatable bonds is 7. The summed E-state index contributed by atoms with van der Waals surface area (Å²) >= 11 is 6.66. The zero-order valence-corrected chi connectivity index (χ0v) is 27.2. The van der Waals surface area contributed by atoms with Crippen molar-refractivity contribution in [2.24, 2.45) is 7.05 Å². The summed E-state index contributed by atoms with van der Waals surface area (Å²) < 4.78 is 12.7. The summed E-state index contributed by atoms with van der Waals surface area (Å²) in [6, 6.07) is 8.71. The molecular formula is C33H39ClN6O5. The first kappa shape index (κ1) is 32.2. The van der Waals surface area contributed by atoms with E-state index in [0.717, 1.165) is 33.7 Å². The SMILES string of the molecule is CC(=O)OC(C)(C)C(=O)N[C@H](C1=Cc2cccnc2[C@@H](N2CCN(C(=O)OC(C)C)CC2)c2ccc(Cl)cc21)c1cncn1C. The highest BCUT2D eigenvalue weighted by molar-refractivity contribution is 6.30. The van der Waals surface area contributed by atoms with E-state index in [1.165, 1.54) is 6.92 Å². The van der Waals surface area contributed by atoms with Crippen LogP contribution in [0, 0.1) is 0 Å². The number of carbonyl (C=O) groups is 3. The van der Waals surface area contributed by atoms with Crippen LogP contribution in [0.25, 0.3) is 11.6 Å². The molecular weight excluding hydrogens is 596 g/mol. The highest BCUT2D eigenvalue weighted by Crippen LogP contribution is 2.44. The molecule has 2 aliphatic rings. The van der Waals surface area contributed by atoms with Crippen molar-refractivity contribution in [3.05, 3.63) is 82.2 Å². The number of hydrogen-bond acceptors (Lipinski definition) is 8. The lowest BCUT2D eigenvalue weighted by atomic mass is 9.89. The monoisotopic (exact) mass is 634 g/mol. The average Bonchev–Trinajstić information content (AvgIpc) is 3.34. The Morgan fingerprint density at radius 3 is 2.49 bits per heavy atom. The number of aromatic nitrogens is 3. The van der Waals surface area contributed by atoms with Crippen LogP contribution >= 0.6 is 11.6 Å². The maximum Gasteiger partial charge on any atom is 0.410 e. The predicted octanol–water partition coefficient (Wildman–Crippen LogP) is 4.77. The molecule has 3 aromatic rings. The van der Waals surface area contributed by atoms with Gasteiger partial charge in [0.15, 0.2) is 5.60 Å². The summed E-state index contributed by atoms with van der Waals surface area (Å²) in [5.41, 5.74) is 3.60. The largest absolute Gasteiger partial charge is 0.450 e. The molecule has 2 atom stereocenters. The van der Waals surface area contributed by atoms with E-state index in [1.54, 1.807) is 37.5 Å².